The van der Waals surface area contributed by atoms with E-state index in [4.69, 9.17) is 9.47 Å². The van der Waals surface area contributed by atoms with Crippen molar-refractivity contribution in [2.45, 2.75) is 341 Å². The van der Waals surface area contributed by atoms with Crippen molar-refractivity contribution in [3.8, 4) is 0 Å². The highest BCUT2D eigenvalue weighted by molar-refractivity contribution is 5.70. The van der Waals surface area contributed by atoms with Crippen molar-refractivity contribution < 1.29 is 24.2 Å². The first kappa shape index (κ1) is 71.3. The summed E-state index contributed by atoms with van der Waals surface area (Å²) in [5, 5.41) is 9.69. The Hall–Kier alpha value is -2.66. The van der Waals surface area contributed by atoms with Crippen molar-refractivity contribution in [2.24, 2.45) is 0 Å². The molecule has 1 N–H and O–H groups in total. The molecule has 0 rings (SSSR count). The van der Waals surface area contributed by atoms with Gasteiger partial charge in [0.05, 0.1) is 6.61 Å². The van der Waals surface area contributed by atoms with Crippen LogP contribution in [-0.2, 0) is 19.1 Å². The Morgan fingerprint density at radius 3 is 0.878 bits per heavy atom. The second-order valence-corrected chi connectivity index (χ2v) is 21.8. The van der Waals surface area contributed by atoms with Crippen LogP contribution < -0.4 is 0 Å². The molecule has 0 bridgehead atoms. The van der Waals surface area contributed by atoms with Crippen LogP contribution in [0.3, 0.4) is 0 Å². The smallest absolute Gasteiger partial charge is 0.306 e. The van der Waals surface area contributed by atoms with Gasteiger partial charge in [0, 0.05) is 12.8 Å². The Labute approximate surface area is 461 Å². The lowest BCUT2D eigenvalue weighted by molar-refractivity contribution is -0.161. The summed E-state index contributed by atoms with van der Waals surface area (Å²) in [6, 6.07) is 0. The lowest BCUT2D eigenvalue weighted by atomic mass is 10.0. The number of hydrogen-bond acceptors (Lipinski definition) is 5. The number of unbranched alkanes of at least 4 members (excludes halogenated alkanes) is 40. The van der Waals surface area contributed by atoms with E-state index in [1.165, 1.54) is 231 Å². The second kappa shape index (κ2) is 64.6. The molecule has 0 spiro atoms. The van der Waals surface area contributed by atoms with Gasteiger partial charge in [-0.1, -0.05) is 331 Å². The largest absolute Gasteiger partial charge is 0.462 e. The van der Waals surface area contributed by atoms with E-state index in [1.807, 2.05) is 0 Å². The molecule has 1 unspecified atom stereocenters. The zero-order valence-corrected chi connectivity index (χ0v) is 49.4. The van der Waals surface area contributed by atoms with Crippen molar-refractivity contribution in [1.82, 2.24) is 0 Å². The Balaban J connectivity index is 3.45. The summed E-state index contributed by atoms with van der Waals surface area (Å²) in [4.78, 5) is 24.6. The third-order valence-electron chi connectivity index (χ3n) is 14.5. The molecule has 430 valence electrons. The van der Waals surface area contributed by atoms with Crippen LogP contribution in [0.5, 0.6) is 0 Å². The van der Waals surface area contributed by atoms with Crippen LogP contribution in [0.1, 0.15) is 335 Å². The molecule has 74 heavy (non-hydrogen) atoms. The molecule has 1 atom stereocenters. The Morgan fingerprint density at radius 2 is 0.581 bits per heavy atom. The van der Waals surface area contributed by atoms with Crippen molar-refractivity contribution in [2.75, 3.05) is 13.2 Å². The third kappa shape index (κ3) is 61.9. The van der Waals surface area contributed by atoms with Crippen LogP contribution in [0.25, 0.3) is 0 Å². The second-order valence-electron chi connectivity index (χ2n) is 21.8. The van der Waals surface area contributed by atoms with Crippen LogP contribution >= 0.6 is 0 Å². The molecule has 0 aromatic rings. The molecule has 0 saturated carbocycles. The highest BCUT2D eigenvalue weighted by Gasteiger charge is 2.16. The summed E-state index contributed by atoms with van der Waals surface area (Å²) >= 11 is 0. The number of carbonyl (C=O) groups is 2. The first-order valence-corrected chi connectivity index (χ1v) is 32.5. The fraction of sp³-hybridized carbons (Fsp3) is 0.797. The molecule has 0 aliphatic heterocycles. The van der Waals surface area contributed by atoms with Crippen LogP contribution in [-0.4, -0.2) is 36.4 Å². The highest BCUT2D eigenvalue weighted by atomic mass is 16.6. The monoisotopic (exact) mass is 1030 g/mol. The number of esters is 2. The molecule has 0 saturated heterocycles. The molecule has 5 heteroatoms. The minimum absolute atomic E-state index is 0.0663. The van der Waals surface area contributed by atoms with Gasteiger partial charge in [0.25, 0.3) is 0 Å². The summed E-state index contributed by atoms with van der Waals surface area (Å²) in [6.45, 7) is 4.07. The van der Waals surface area contributed by atoms with Gasteiger partial charge in [0.2, 0.25) is 0 Å². The Morgan fingerprint density at radius 1 is 0.324 bits per heavy atom. The van der Waals surface area contributed by atoms with Crippen LogP contribution in [0.15, 0.2) is 72.9 Å². The average Bonchev–Trinajstić information content (AvgIpc) is 3.40. The average molecular weight is 1030 g/mol. The molecule has 0 amide bonds. The lowest BCUT2D eigenvalue weighted by Gasteiger charge is -2.15. The normalized spacial score (nSPS) is 12.6. The van der Waals surface area contributed by atoms with Gasteiger partial charge >= 0.3 is 11.9 Å². The molecule has 0 heterocycles. The van der Waals surface area contributed by atoms with E-state index in [0.717, 1.165) is 77.0 Å². The molecule has 0 aliphatic carbocycles. The maximum atomic E-state index is 12.3. The van der Waals surface area contributed by atoms with E-state index in [0.29, 0.717) is 12.8 Å². The molecular weight excluding hydrogens is 909 g/mol. The van der Waals surface area contributed by atoms with E-state index in [1.54, 1.807) is 0 Å². The van der Waals surface area contributed by atoms with Crippen LogP contribution in [0, 0.1) is 0 Å². The van der Waals surface area contributed by atoms with Crippen LogP contribution in [0.4, 0.5) is 0 Å². The van der Waals surface area contributed by atoms with Gasteiger partial charge in [-0.2, -0.15) is 0 Å². The minimum Gasteiger partial charge on any atom is -0.462 e. The van der Waals surface area contributed by atoms with E-state index in [-0.39, 0.29) is 25.2 Å². The van der Waals surface area contributed by atoms with E-state index in [9.17, 15) is 14.7 Å². The standard InChI is InChI=1S/C69H124O5/c1-3-5-7-9-11-13-15-17-19-21-23-25-27-29-31-33-34-36-37-39-41-43-45-47-49-51-53-55-57-59-61-63-68(71)73-66-67(65-70)74-69(72)64-62-60-58-56-54-52-50-48-46-44-42-40-38-35-32-30-28-26-24-22-20-18-16-14-12-10-8-6-4-2/h6,8,12,14,18,20,24,26,30,32,38,40,67,70H,3-5,7,9-11,13,15-17,19,21-23,25,27-29,31,33-37,39,41-66H2,1-2H3/b8-6-,14-12-,20-18-,26-24-,32-30-,40-38-. The third-order valence-corrected chi connectivity index (χ3v) is 14.5. The van der Waals surface area contributed by atoms with E-state index >= 15 is 0 Å². The predicted octanol–water partition coefficient (Wildman–Crippen LogP) is 22.3. The van der Waals surface area contributed by atoms with Gasteiger partial charge < -0.3 is 14.6 Å². The number of allylic oxidation sites excluding steroid dienone is 12. The van der Waals surface area contributed by atoms with Crippen LogP contribution in [0.2, 0.25) is 0 Å². The summed E-state index contributed by atoms with van der Waals surface area (Å²) in [5.74, 6) is -0.582. The predicted molar refractivity (Wildman–Crippen MR) is 325 cm³/mol. The van der Waals surface area contributed by atoms with Gasteiger partial charge in [0.1, 0.15) is 6.61 Å². The fourth-order valence-electron chi connectivity index (χ4n) is 9.68. The van der Waals surface area contributed by atoms with Crippen molar-refractivity contribution in [3.63, 3.8) is 0 Å². The number of carbonyl (C=O) groups excluding carboxylic acids is 2. The number of ether oxygens (including phenoxy) is 2. The summed E-state index contributed by atoms with van der Waals surface area (Å²) in [5.41, 5.74) is 0. The first-order chi connectivity index (χ1) is 36.6. The first-order valence-electron chi connectivity index (χ1n) is 32.5. The quantitative estimate of drug-likeness (QED) is 0.0373. The fourth-order valence-corrected chi connectivity index (χ4v) is 9.68. The number of hydrogen-bond donors (Lipinski definition) is 1. The van der Waals surface area contributed by atoms with Gasteiger partial charge in [-0.05, 0) is 64.2 Å². The maximum absolute atomic E-state index is 12.3. The Kier molecular flexibility index (Phi) is 62.3. The molecule has 5 nitrogen and oxygen atoms in total. The summed E-state index contributed by atoms with van der Waals surface area (Å²) < 4.78 is 10.7. The van der Waals surface area contributed by atoms with E-state index in [2.05, 4.69) is 86.8 Å². The molecule has 0 aromatic heterocycles. The number of aliphatic hydroxyl groups excluding tert-OH is 1. The number of rotatable bonds is 60. The van der Waals surface area contributed by atoms with Crippen molar-refractivity contribution in [3.05, 3.63) is 72.9 Å². The molecule has 0 aliphatic rings. The molecule has 0 fully saturated rings. The molecule has 0 aromatic carbocycles. The summed E-state index contributed by atoms with van der Waals surface area (Å²) in [7, 11) is 0. The van der Waals surface area contributed by atoms with Gasteiger partial charge in [0.15, 0.2) is 6.10 Å². The van der Waals surface area contributed by atoms with Crippen molar-refractivity contribution in [1.29, 1.82) is 0 Å². The Bertz CT molecular complexity index is 1310. The number of aliphatic hydroxyl groups is 1. The topological polar surface area (TPSA) is 72.8 Å². The molecular formula is C69H124O5. The SMILES string of the molecule is CC/C=C\C/C=C\C/C=C\C/C=C\C/C=C\C/C=C\CCCCCCCCCCCCC(=O)OC(CO)COC(=O)CCCCCCCCCCCCCCCCCCCCCCCCCCCCCCCCC. The van der Waals surface area contributed by atoms with Gasteiger partial charge in [-0.15, -0.1) is 0 Å². The zero-order chi connectivity index (χ0) is 53.4. The lowest BCUT2D eigenvalue weighted by Crippen LogP contribution is -2.28. The van der Waals surface area contributed by atoms with E-state index < -0.39 is 6.10 Å². The maximum Gasteiger partial charge on any atom is 0.306 e. The minimum atomic E-state index is -0.777. The molecule has 0 radical (unpaired) electrons. The zero-order valence-electron chi connectivity index (χ0n) is 49.4. The van der Waals surface area contributed by atoms with Gasteiger partial charge in [-0.3, -0.25) is 9.59 Å². The van der Waals surface area contributed by atoms with Crippen molar-refractivity contribution >= 4 is 11.9 Å². The highest BCUT2D eigenvalue weighted by Crippen LogP contribution is 2.18. The van der Waals surface area contributed by atoms with Gasteiger partial charge in [-0.25, -0.2) is 0 Å². The summed E-state index contributed by atoms with van der Waals surface area (Å²) in [6.07, 6.45) is 89.1.